The average Bonchev–Trinajstić information content (AvgIpc) is 3.06. The Labute approximate surface area is 154 Å². The summed E-state index contributed by atoms with van der Waals surface area (Å²) in [4.78, 5) is 11.5. The molecule has 0 bridgehead atoms. The lowest BCUT2D eigenvalue weighted by atomic mass is 10.0. The zero-order valence-corrected chi connectivity index (χ0v) is 15.9. The van der Waals surface area contributed by atoms with Crippen LogP contribution in [-0.2, 0) is 6.54 Å². The number of fused-ring (bicyclic) bond motifs is 1. The van der Waals surface area contributed by atoms with Crippen LogP contribution in [0, 0.1) is 11.3 Å². The van der Waals surface area contributed by atoms with Gasteiger partial charge in [-0.25, -0.2) is 4.98 Å². The van der Waals surface area contributed by atoms with E-state index in [9.17, 15) is 5.26 Å². The van der Waals surface area contributed by atoms with Crippen LogP contribution in [0.25, 0.3) is 10.9 Å². The quantitative estimate of drug-likeness (QED) is 0.605. The van der Waals surface area contributed by atoms with Gasteiger partial charge in [0.05, 0.1) is 35.3 Å². The number of H-pyrrole nitrogens is 1. The lowest BCUT2D eigenvalue weighted by Crippen LogP contribution is -2.26. The summed E-state index contributed by atoms with van der Waals surface area (Å²) in [6.07, 6.45) is 5.05. The summed E-state index contributed by atoms with van der Waals surface area (Å²) >= 11 is 3.59. The zero-order valence-electron chi connectivity index (χ0n) is 14.3. The first-order valence-electron chi connectivity index (χ1n) is 7.89. The maximum Gasteiger partial charge on any atom is 0.103 e. The van der Waals surface area contributed by atoms with Crippen LogP contribution >= 0.6 is 15.9 Å². The van der Waals surface area contributed by atoms with Gasteiger partial charge in [0.25, 0.3) is 0 Å². The molecular formula is C18H19BrN6. The van der Waals surface area contributed by atoms with Crippen LogP contribution in [0.1, 0.15) is 32.0 Å². The van der Waals surface area contributed by atoms with Gasteiger partial charge in [0.15, 0.2) is 0 Å². The second-order valence-corrected chi connectivity index (χ2v) is 7.67. The molecule has 3 aromatic rings. The maximum absolute atomic E-state index is 9.47. The number of imidazole rings is 1. The Morgan fingerprint density at radius 1 is 1.28 bits per heavy atom. The lowest BCUT2D eigenvalue weighted by molar-refractivity contribution is 0.634. The van der Waals surface area contributed by atoms with E-state index in [-0.39, 0.29) is 5.54 Å². The molecule has 0 aliphatic carbocycles. The molecule has 0 atom stereocenters. The van der Waals surface area contributed by atoms with E-state index in [4.69, 9.17) is 0 Å². The molecule has 0 aliphatic rings. The summed E-state index contributed by atoms with van der Waals surface area (Å²) in [6.45, 7) is 6.83. The number of aromatic nitrogens is 3. The highest BCUT2D eigenvalue weighted by Gasteiger charge is 2.17. The average molecular weight is 399 g/mol. The highest BCUT2D eigenvalue weighted by molar-refractivity contribution is 9.10. The minimum Gasteiger partial charge on any atom is -0.379 e. The van der Waals surface area contributed by atoms with E-state index in [2.05, 4.69) is 68.4 Å². The summed E-state index contributed by atoms with van der Waals surface area (Å²) in [5.74, 6) is 0. The molecule has 0 amide bonds. The summed E-state index contributed by atoms with van der Waals surface area (Å²) in [6, 6.07) is 6.23. The number of benzene rings is 1. The first-order chi connectivity index (χ1) is 11.9. The standard InChI is InChI=1S/C18H19BrN6/c1-18(2,3)25-16-11(6-20)7-23-17-14(16)4-12(5-15(17)19)22-9-13-8-21-10-24-13/h4-5,7-8,10,22H,9H2,1-3H3,(H,21,24)(H,23,25). The highest BCUT2D eigenvalue weighted by atomic mass is 79.9. The third-order valence-corrected chi connectivity index (χ3v) is 4.19. The van der Waals surface area contributed by atoms with Crippen molar-refractivity contribution in [1.82, 2.24) is 15.0 Å². The summed E-state index contributed by atoms with van der Waals surface area (Å²) in [5.41, 5.74) is 3.89. The topological polar surface area (TPSA) is 89.4 Å². The zero-order chi connectivity index (χ0) is 18.0. The van der Waals surface area contributed by atoms with Gasteiger partial charge in [-0.05, 0) is 48.8 Å². The van der Waals surface area contributed by atoms with E-state index in [0.29, 0.717) is 12.1 Å². The molecule has 128 valence electrons. The van der Waals surface area contributed by atoms with Crippen LogP contribution in [0.4, 0.5) is 11.4 Å². The predicted molar refractivity (Wildman–Crippen MR) is 103 cm³/mol. The molecule has 1 aromatic carbocycles. The number of anilines is 2. The van der Waals surface area contributed by atoms with Crippen molar-refractivity contribution in [3.05, 3.63) is 46.6 Å². The second kappa shape index (κ2) is 6.73. The van der Waals surface area contributed by atoms with Crippen LogP contribution in [0.2, 0.25) is 0 Å². The second-order valence-electron chi connectivity index (χ2n) is 6.82. The Kier molecular flexibility index (Phi) is 4.64. The Morgan fingerprint density at radius 2 is 2.08 bits per heavy atom. The summed E-state index contributed by atoms with van der Waals surface area (Å²) < 4.78 is 0.874. The SMILES string of the molecule is CC(C)(C)Nc1c(C#N)cnc2c(Br)cc(NCc3cnc[nH]3)cc12. The summed E-state index contributed by atoms with van der Waals surface area (Å²) in [5, 5.41) is 17.2. The number of nitriles is 1. The first kappa shape index (κ1) is 17.2. The summed E-state index contributed by atoms with van der Waals surface area (Å²) in [7, 11) is 0. The minimum absolute atomic E-state index is 0.175. The molecule has 0 aliphatic heterocycles. The molecule has 2 aromatic heterocycles. The first-order valence-corrected chi connectivity index (χ1v) is 8.68. The van der Waals surface area contributed by atoms with Crippen LogP contribution in [0.15, 0.2) is 35.3 Å². The van der Waals surface area contributed by atoms with E-state index in [1.165, 1.54) is 0 Å². The molecule has 3 rings (SSSR count). The van der Waals surface area contributed by atoms with Crippen molar-refractivity contribution in [2.45, 2.75) is 32.9 Å². The molecule has 2 heterocycles. The fourth-order valence-electron chi connectivity index (χ4n) is 2.53. The molecule has 0 saturated carbocycles. The third-order valence-electron chi connectivity index (χ3n) is 3.58. The molecule has 3 N–H and O–H groups in total. The predicted octanol–water partition coefficient (Wildman–Crippen LogP) is 4.41. The van der Waals surface area contributed by atoms with Crippen LogP contribution < -0.4 is 10.6 Å². The number of hydrogen-bond acceptors (Lipinski definition) is 5. The fraction of sp³-hybridized carbons (Fsp3) is 0.278. The monoisotopic (exact) mass is 398 g/mol. The van der Waals surface area contributed by atoms with Crippen molar-refractivity contribution in [1.29, 1.82) is 5.26 Å². The Morgan fingerprint density at radius 3 is 2.72 bits per heavy atom. The molecular weight excluding hydrogens is 380 g/mol. The van der Waals surface area contributed by atoms with Crippen LogP contribution in [0.3, 0.4) is 0 Å². The smallest absolute Gasteiger partial charge is 0.103 e. The number of rotatable bonds is 4. The van der Waals surface area contributed by atoms with E-state index in [1.807, 2.05) is 12.1 Å². The van der Waals surface area contributed by atoms with Gasteiger partial charge in [-0.15, -0.1) is 0 Å². The number of halogens is 1. The normalized spacial score (nSPS) is 11.3. The lowest BCUT2D eigenvalue weighted by Gasteiger charge is -2.24. The van der Waals surface area contributed by atoms with Gasteiger partial charge in [-0.1, -0.05) is 0 Å². The van der Waals surface area contributed by atoms with Gasteiger partial charge < -0.3 is 15.6 Å². The van der Waals surface area contributed by atoms with Crippen molar-refractivity contribution in [3.8, 4) is 6.07 Å². The van der Waals surface area contributed by atoms with Gasteiger partial charge in [-0.2, -0.15) is 5.26 Å². The third kappa shape index (κ3) is 3.91. The van der Waals surface area contributed by atoms with Gasteiger partial charge in [0.2, 0.25) is 0 Å². The highest BCUT2D eigenvalue weighted by Crippen LogP contribution is 2.34. The fourth-order valence-corrected chi connectivity index (χ4v) is 3.10. The largest absolute Gasteiger partial charge is 0.379 e. The number of pyridine rings is 1. The molecule has 0 saturated heterocycles. The van der Waals surface area contributed by atoms with E-state index in [0.717, 1.165) is 32.4 Å². The van der Waals surface area contributed by atoms with E-state index >= 15 is 0 Å². The van der Waals surface area contributed by atoms with Crippen molar-refractivity contribution in [2.75, 3.05) is 10.6 Å². The Hall–Kier alpha value is -2.59. The number of nitrogens with one attached hydrogen (secondary N) is 3. The number of aromatic amines is 1. The van der Waals surface area contributed by atoms with Crippen molar-refractivity contribution in [2.24, 2.45) is 0 Å². The molecule has 0 radical (unpaired) electrons. The van der Waals surface area contributed by atoms with Crippen LogP contribution in [-0.4, -0.2) is 20.5 Å². The Bertz CT molecular complexity index is 935. The molecule has 6 nitrogen and oxygen atoms in total. The van der Waals surface area contributed by atoms with Gasteiger partial charge in [-0.3, -0.25) is 4.98 Å². The Balaban J connectivity index is 2.07. The molecule has 0 fully saturated rings. The molecule has 7 heteroatoms. The van der Waals surface area contributed by atoms with Crippen LogP contribution in [0.5, 0.6) is 0 Å². The number of nitrogens with zero attached hydrogens (tertiary/aromatic N) is 3. The van der Waals surface area contributed by atoms with E-state index < -0.39 is 0 Å². The van der Waals surface area contributed by atoms with Gasteiger partial charge in [0, 0.05) is 33.5 Å². The minimum atomic E-state index is -0.175. The molecule has 25 heavy (non-hydrogen) atoms. The van der Waals surface area contributed by atoms with Crippen molar-refractivity contribution >= 4 is 38.2 Å². The maximum atomic E-state index is 9.47. The van der Waals surface area contributed by atoms with E-state index in [1.54, 1.807) is 18.7 Å². The van der Waals surface area contributed by atoms with Crippen molar-refractivity contribution < 1.29 is 0 Å². The van der Waals surface area contributed by atoms with Crippen molar-refractivity contribution in [3.63, 3.8) is 0 Å². The molecule has 0 unspecified atom stereocenters. The number of hydrogen-bond donors (Lipinski definition) is 3. The van der Waals surface area contributed by atoms with Gasteiger partial charge in [0.1, 0.15) is 6.07 Å². The van der Waals surface area contributed by atoms with Gasteiger partial charge >= 0.3 is 0 Å². The molecule has 0 spiro atoms.